The minimum atomic E-state index is 0.464. The van der Waals surface area contributed by atoms with Gasteiger partial charge in [0.25, 0.3) is 0 Å². The van der Waals surface area contributed by atoms with Gasteiger partial charge in [-0.05, 0) is 78.9 Å². The number of hydrogen-bond acceptors (Lipinski definition) is 0. The van der Waals surface area contributed by atoms with Crippen LogP contribution < -0.4 is 0 Å². The molecule has 2 aromatic rings. The molecule has 4 aliphatic carbocycles. The van der Waals surface area contributed by atoms with Crippen LogP contribution in [0.15, 0.2) is 48.5 Å². The Morgan fingerprint density at radius 3 is 2.09 bits per heavy atom. The van der Waals surface area contributed by atoms with Crippen LogP contribution in [0, 0.1) is 17.8 Å². The summed E-state index contributed by atoms with van der Waals surface area (Å²) in [4.78, 5) is 0. The Hall–Kier alpha value is -1.27. The Balaban J connectivity index is 1.57. The molecule has 4 saturated carbocycles. The van der Waals surface area contributed by atoms with Crippen molar-refractivity contribution in [1.82, 2.24) is 0 Å². The maximum atomic E-state index is 6.43. The largest absolute Gasteiger partial charge is 0.0837 e. The van der Waals surface area contributed by atoms with Gasteiger partial charge in [0.1, 0.15) is 0 Å². The Labute approximate surface area is 143 Å². The first-order chi connectivity index (χ1) is 11.2. The molecule has 0 aliphatic heterocycles. The van der Waals surface area contributed by atoms with E-state index in [1.165, 1.54) is 49.7 Å². The van der Waals surface area contributed by atoms with E-state index in [1.807, 2.05) is 12.1 Å². The fourth-order valence-corrected chi connectivity index (χ4v) is 6.42. The molecule has 0 unspecified atom stereocenters. The smallest absolute Gasteiger partial charge is 0.0484 e. The van der Waals surface area contributed by atoms with Crippen LogP contribution in [-0.2, 0) is 5.41 Å². The van der Waals surface area contributed by atoms with Crippen molar-refractivity contribution in [3.63, 3.8) is 0 Å². The van der Waals surface area contributed by atoms with Crippen LogP contribution in [0.3, 0.4) is 0 Å². The van der Waals surface area contributed by atoms with Gasteiger partial charge >= 0.3 is 0 Å². The van der Waals surface area contributed by atoms with Crippen molar-refractivity contribution in [3.05, 3.63) is 59.1 Å². The fraction of sp³-hybridized carbons (Fsp3) is 0.455. The lowest BCUT2D eigenvalue weighted by atomic mass is 9.48. The summed E-state index contributed by atoms with van der Waals surface area (Å²) >= 11 is 6.43. The molecule has 0 amide bonds. The zero-order valence-electron chi connectivity index (χ0n) is 13.5. The molecule has 6 rings (SSSR count). The summed E-state index contributed by atoms with van der Waals surface area (Å²) < 4.78 is 0. The van der Waals surface area contributed by atoms with Crippen molar-refractivity contribution in [2.24, 2.45) is 17.8 Å². The first-order valence-corrected chi connectivity index (χ1v) is 9.45. The van der Waals surface area contributed by atoms with E-state index in [-0.39, 0.29) is 0 Å². The lowest BCUT2D eigenvalue weighted by molar-refractivity contribution is -0.00516. The maximum Gasteiger partial charge on any atom is 0.0484 e. The van der Waals surface area contributed by atoms with Gasteiger partial charge in [-0.2, -0.15) is 0 Å². The van der Waals surface area contributed by atoms with Gasteiger partial charge in [0.05, 0.1) is 0 Å². The minimum absolute atomic E-state index is 0.464. The topological polar surface area (TPSA) is 0 Å². The van der Waals surface area contributed by atoms with E-state index in [4.69, 9.17) is 11.6 Å². The molecule has 4 fully saturated rings. The summed E-state index contributed by atoms with van der Waals surface area (Å²) in [6.45, 7) is 0. The zero-order chi connectivity index (χ0) is 15.4. The first kappa shape index (κ1) is 14.1. The van der Waals surface area contributed by atoms with Crippen LogP contribution in [0.1, 0.15) is 44.1 Å². The fourth-order valence-electron chi connectivity index (χ4n) is 6.18. The van der Waals surface area contributed by atoms with Crippen LogP contribution in [0.4, 0.5) is 0 Å². The van der Waals surface area contributed by atoms with Crippen LogP contribution in [0.25, 0.3) is 11.1 Å². The SMILES string of the molecule is Clc1ccccc1-c1cccc(C23CC4CC(CC(C4)C2)C3)c1. The molecular weight excluding hydrogens is 300 g/mol. The number of halogens is 1. The third-order valence-electron chi connectivity index (χ3n) is 6.70. The van der Waals surface area contributed by atoms with E-state index in [1.54, 1.807) is 5.56 Å². The molecule has 0 aromatic heterocycles. The molecule has 2 aromatic carbocycles. The Kier molecular flexibility index (Phi) is 3.14. The van der Waals surface area contributed by atoms with Gasteiger partial charge in [0.15, 0.2) is 0 Å². The van der Waals surface area contributed by atoms with Gasteiger partial charge in [-0.25, -0.2) is 0 Å². The van der Waals surface area contributed by atoms with Crippen molar-refractivity contribution >= 4 is 11.6 Å². The number of hydrogen-bond donors (Lipinski definition) is 0. The third kappa shape index (κ3) is 2.26. The second-order valence-electron chi connectivity index (χ2n) is 8.26. The Bertz CT molecular complexity index is 710. The molecule has 1 heteroatoms. The van der Waals surface area contributed by atoms with Gasteiger partial charge in [-0.3, -0.25) is 0 Å². The Morgan fingerprint density at radius 2 is 1.43 bits per heavy atom. The zero-order valence-corrected chi connectivity index (χ0v) is 14.2. The van der Waals surface area contributed by atoms with Crippen molar-refractivity contribution in [1.29, 1.82) is 0 Å². The quantitative estimate of drug-likeness (QED) is 0.594. The van der Waals surface area contributed by atoms with Gasteiger partial charge in [-0.15, -0.1) is 0 Å². The molecule has 118 valence electrons. The standard InChI is InChI=1S/C22H23Cl/c23-21-7-2-1-6-20(21)18-4-3-5-19(11-18)22-12-15-8-16(13-22)10-17(9-15)14-22/h1-7,11,15-17H,8-10,12-14H2. The van der Waals surface area contributed by atoms with Crippen molar-refractivity contribution in [3.8, 4) is 11.1 Å². The van der Waals surface area contributed by atoms with Crippen molar-refractivity contribution in [2.45, 2.75) is 43.9 Å². The highest BCUT2D eigenvalue weighted by Crippen LogP contribution is 2.60. The van der Waals surface area contributed by atoms with E-state index in [2.05, 4.69) is 36.4 Å². The highest BCUT2D eigenvalue weighted by molar-refractivity contribution is 6.33. The van der Waals surface area contributed by atoms with Crippen molar-refractivity contribution in [2.75, 3.05) is 0 Å². The summed E-state index contributed by atoms with van der Waals surface area (Å²) in [6, 6.07) is 17.5. The lowest BCUT2D eigenvalue weighted by Crippen LogP contribution is -2.48. The molecule has 23 heavy (non-hydrogen) atoms. The maximum absolute atomic E-state index is 6.43. The Morgan fingerprint density at radius 1 is 0.783 bits per heavy atom. The lowest BCUT2D eigenvalue weighted by Gasteiger charge is -2.57. The van der Waals surface area contributed by atoms with E-state index in [9.17, 15) is 0 Å². The van der Waals surface area contributed by atoms with Crippen LogP contribution in [0.5, 0.6) is 0 Å². The van der Waals surface area contributed by atoms with E-state index >= 15 is 0 Å². The molecule has 0 N–H and O–H groups in total. The van der Waals surface area contributed by atoms with Gasteiger partial charge in [0, 0.05) is 10.6 Å². The van der Waals surface area contributed by atoms with Gasteiger partial charge < -0.3 is 0 Å². The summed E-state index contributed by atoms with van der Waals surface area (Å²) in [6.07, 6.45) is 8.78. The van der Waals surface area contributed by atoms with Crippen molar-refractivity contribution < 1.29 is 0 Å². The minimum Gasteiger partial charge on any atom is -0.0837 e. The molecule has 0 nitrogen and oxygen atoms in total. The normalized spacial score (nSPS) is 34.7. The predicted molar refractivity (Wildman–Crippen MR) is 96.7 cm³/mol. The highest BCUT2D eigenvalue weighted by atomic mass is 35.5. The predicted octanol–water partition coefficient (Wildman–Crippen LogP) is 6.47. The second-order valence-corrected chi connectivity index (χ2v) is 8.67. The third-order valence-corrected chi connectivity index (χ3v) is 7.03. The molecule has 0 spiro atoms. The molecular formula is C22H23Cl. The molecule has 0 atom stereocenters. The molecule has 4 aliphatic rings. The van der Waals surface area contributed by atoms with E-state index in [0.717, 1.165) is 22.8 Å². The number of rotatable bonds is 2. The van der Waals surface area contributed by atoms with Gasteiger partial charge in [-0.1, -0.05) is 54.1 Å². The number of benzene rings is 2. The molecule has 0 radical (unpaired) electrons. The summed E-state index contributed by atoms with van der Waals surface area (Å²) in [5.41, 5.74) is 4.49. The van der Waals surface area contributed by atoms with E-state index in [0.29, 0.717) is 5.41 Å². The average Bonchev–Trinajstić information content (AvgIpc) is 2.54. The average molecular weight is 323 g/mol. The molecule has 0 saturated heterocycles. The highest BCUT2D eigenvalue weighted by Gasteiger charge is 2.51. The van der Waals surface area contributed by atoms with Gasteiger partial charge in [0.2, 0.25) is 0 Å². The first-order valence-electron chi connectivity index (χ1n) is 9.07. The molecule has 0 heterocycles. The van der Waals surface area contributed by atoms with E-state index < -0.39 is 0 Å². The second kappa shape index (κ2) is 5.11. The molecule has 4 bridgehead atoms. The van der Waals surface area contributed by atoms with Crippen LogP contribution in [-0.4, -0.2) is 0 Å². The monoisotopic (exact) mass is 322 g/mol. The van der Waals surface area contributed by atoms with Crippen LogP contribution >= 0.6 is 11.6 Å². The summed E-state index contributed by atoms with van der Waals surface area (Å²) in [5, 5.41) is 0.857. The van der Waals surface area contributed by atoms with Crippen LogP contribution in [0.2, 0.25) is 5.02 Å². The summed E-state index contributed by atoms with van der Waals surface area (Å²) in [7, 11) is 0. The summed E-state index contributed by atoms with van der Waals surface area (Å²) in [5.74, 6) is 2.97.